The molecule has 1 rings (SSSR count). The molecule has 0 aromatic carbocycles. The van der Waals surface area contributed by atoms with Gasteiger partial charge in [-0.15, -0.1) is 0 Å². The number of thioether (sulfide) groups is 1. The second-order valence-electron chi connectivity index (χ2n) is 3.64. The number of H-pyrrole nitrogens is 1. The van der Waals surface area contributed by atoms with Crippen LogP contribution < -0.4 is 5.56 Å². The molecule has 0 saturated carbocycles. The van der Waals surface area contributed by atoms with Gasteiger partial charge in [-0.25, -0.2) is 4.98 Å². The Balaban J connectivity index is 2.78. The highest BCUT2D eigenvalue weighted by molar-refractivity contribution is 7.99. The maximum Gasteiger partial charge on any atom is 0.311 e. The van der Waals surface area contributed by atoms with Crippen LogP contribution in [0.3, 0.4) is 0 Å². The number of esters is 1. The Morgan fingerprint density at radius 2 is 2.44 bits per heavy atom. The van der Waals surface area contributed by atoms with E-state index >= 15 is 0 Å². The Bertz CT molecular complexity index is 521. The average Bonchev–Trinajstić information content (AvgIpc) is 2.35. The second-order valence-corrected chi connectivity index (χ2v) is 4.64. The van der Waals surface area contributed by atoms with Gasteiger partial charge in [0.2, 0.25) is 0 Å². The van der Waals surface area contributed by atoms with Crippen LogP contribution in [-0.4, -0.2) is 28.8 Å². The molecule has 0 spiro atoms. The van der Waals surface area contributed by atoms with Crippen molar-refractivity contribution in [3.05, 3.63) is 22.1 Å². The van der Waals surface area contributed by atoms with E-state index in [1.165, 1.54) is 24.9 Å². The van der Waals surface area contributed by atoms with Crippen LogP contribution in [0.15, 0.2) is 16.0 Å². The number of hydrogen-bond donors (Lipinski definition) is 1. The first-order valence-corrected chi connectivity index (χ1v) is 6.23. The van der Waals surface area contributed by atoms with E-state index in [-0.39, 0.29) is 17.9 Å². The SMILES string of the molecule is COC(=O)Cc1cc(=O)[nH]c(SC[C@H](C)C#N)n1. The number of carbonyl (C=O) groups excluding carboxylic acids is 1. The lowest BCUT2D eigenvalue weighted by molar-refractivity contribution is -0.139. The lowest BCUT2D eigenvalue weighted by atomic mass is 10.3. The fourth-order valence-corrected chi connectivity index (χ4v) is 1.94. The van der Waals surface area contributed by atoms with E-state index < -0.39 is 5.97 Å². The highest BCUT2D eigenvalue weighted by atomic mass is 32.2. The maximum absolute atomic E-state index is 11.4. The van der Waals surface area contributed by atoms with Crippen LogP contribution in [0, 0.1) is 17.2 Å². The highest BCUT2D eigenvalue weighted by Gasteiger charge is 2.08. The van der Waals surface area contributed by atoms with Crippen molar-refractivity contribution in [1.29, 1.82) is 5.26 Å². The molecule has 18 heavy (non-hydrogen) atoms. The van der Waals surface area contributed by atoms with Crippen molar-refractivity contribution in [3.8, 4) is 6.07 Å². The molecule has 1 N–H and O–H groups in total. The summed E-state index contributed by atoms with van der Waals surface area (Å²) in [5.74, 6) is -0.0554. The van der Waals surface area contributed by atoms with Crippen LogP contribution in [0.25, 0.3) is 0 Å². The molecule has 1 heterocycles. The van der Waals surface area contributed by atoms with Crippen LogP contribution in [0.1, 0.15) is 12.6 Å². The van der Waals surface area contributed by atoms with E-state index in [4.69, 9.17) is 5.26 Å². The fourth-order valence-electron chi connectivity index (χ4n) is 1.10. The van der Waals surface area contributed by atoms with Gasteiger partial charge >= 0.3 is 5.97 Å². The van der Waals surface area contributed by atoms with Gasteiger partial charge in [0.25, 0.3) is 5.56 Å². The zero-order valence-corrected chi connectivity index (χ0v) is 10.9. The van der Waals surface area contributed by atoms with Crippen molar-refractivity contribution in [2.75, 3.05) is 12.9 Å². The number of hydrogen-bond acceptors (Lipinski definition) is 6. The number of aromatic nitrogens is 2. The molecular weight excluding hydrogens is 254 g/mol. The first-order chi connectivity index (χ1) is 8.55. The molecule has 0 aliphatic carbocycles. The van der Waals surface area contributed by atoms with Gasteiger partial charge in [-0.05, 0) is 6.92 Å². The van der Waals surface area contributed by atoms with E-state index in [0.29, 0.717) is 16.6 Å². The van der Waals surface area contributed by atoms with Gasteiger partial charge in [-0.1, -0.05) is 11.8 Å². The Morgan fingerprint density at radius 1 is 1.72 bits per heavy atom. The van der Waals surface area contributed by atoms with Gasteiger partial charge in [-0.3, -0.25) is 9.59 Å². The van der Waals surface area contributed by atoms with E-state index in [2.05, 4.69) is 20.8 Å². The minimum absolute atomic E-state index is 0.0399. The summed E-state index contributed by atoms with van der Waals surface area (Å²) in [7, 11) is 1.28. The molecule has 96 valence electrons. The first kappa shape index (κ1) is 14.3. The van der Waals surface area contributed by atoms with Crippen molar-refractivity contribution >= 4 is 17.7 Å². The third-order valence-electron chi connectivity index (χ3n) is 2.02. The average molecular weight is 267 g/mol. The van der Waals surface area contributed by atoms with Gasteiger partial charge < -0.3 is 9.72 Å². The van der Waals surface area contributed by atoms with Crippen molar-refractivity contribution in [1.82, 2.24) is 9.97 Å². The molecule has 0 aliphatic rings. The van der Waals surface area contributed by atoms with Crippen LogP contribution in [0.2, 0.25) is 0 Å². The third kappa shape index (κ3) is 4.59. The van der Waals surface area contributed by atoms with Gasteiger partial charge in [0.15, 0.2) is 5.16 Å². The maximum atomic E-state index is 11.4. The Labute approximate surface area is 108 Å². The first-order valence-electron chi connectivity index (χ1n) is 5.24. The molecule has 0 amide bonds. The minimum atomic E-state index is -0.450. The number of ether oxygens (including phenoxy) is 1. The zero-order valence-electron chi connectivity index (χ0n) is 10.1. The number of nitrogens with one attached hydrogen (secondary N) is 1. The summed E-state index contributed by atoms with van der Waals surface area (Å²) in [6, 6.07) is 3.35. The molecule has 7 heteroatoms. The zero-order chi connectivity index (χ0) is 13.5. The van der Waals surface area contributed by atoms with Crippen molar-refractivity contribution in [2.45, 2.75) is 18.5 Å². The summed E-state index contributed by atoms with van der Waals surface area (Å²) in [6.07, 6.45) is -0.0399. The summed E-state index contributed by atoms with van der Waals surface area (Å²) in [5.41, 5.74) is 0.0359. The van der Waals surface area contributed by atoms with Crippen LogP contribution in [0.5, 0.6) is 0 Å². The minimum Gasteiger partial charge on any atom is -0.469 e. The number of nitrogens with zero attached hydrogens (tertiary/aromatic N) is 2. The smallest absolute Gasteiger partial charge is 0.311 e. The predicted molar refractivity (Wildman–Crippen MR) is 66.1 cm³/mol. The number of rotatable bonds is 5. The molecule has 1 aromatic heterocycles. The van der Waals surface area contributed by atoms with Crippen LogP contribution in [-0.2, 0) is 16.0 Å². The predicted octanol–water partition coefficient (Wildman–Crippen LogP) is 0.737. The van der Waals surface area contributed by atoms with Crippen LogP contribution in [0.4, 0.5) is 0 Å². The summed E-state index contributed by atoms with van der Waals surface area (Å²) >= 11 is 1.27. The molecule has 6 nitrogen and oxygen atoms in total. The Morgan fingerprint density at radius 3 is 3.06 bits per heavy atom. The monoisotopic (exact) mass is 267 g/mol. The lowest BCUT2D eigenvalue weighted by Crippen LogP contribution is -2.14. The van der Waals surface area contributed by atoms with E-state index in [0.717, 1.165) is 0 Å². The summed E-state index contributed by atoms with van der Waals surface area (Å²) in [6.45, 7) is 1.78. The highest BCUT2D eigenvalue weighted by Crippen LogP contribution is 2.15. The molecule has 0 fully saturated rings. The van der Waals surface area contributed by atoms with Crippen molar-refractivity contribution in [2.24, 2.45) is 5.92 Å². The number of aromatic amines is 1. The van der Waals surface area contributed by atoms with E-state index in [1.54, 1.807) is 6.92 Å². The molecule has 0 unspecified atom stereocenters. The van der Waals surface area contributed by atoms with Crippen LogP contribution >= 0.6 is 11.8 Å². The third-order valence-corrected chi connectivity index (χ3v) is 3.15. The number of carbonyl (C=O) groups is 1. The van der Waals surface area contributed by atoms with Gasteiger partial charge in [-0.2, -0.15) is 5.26 Å². The Hall–Kier alpha value is -1.81. The van der Waals surface area contributed by atoms with E-state index in [9.17, 15) is 9.59 Å². The van der Waals surface area contributed by atoms with Gasteiger partial charge in [0.05, 0.1) is 31.2 Å². The second kappa shape index (κ2) is 6.81. The molecular formula is C11H13N3O3S. The van der Waals surface area contributed by atoms with E-state index in [1.807, 2.05) is 0 Å². The molecule has 0 radical (unpaired) electrons. The number of methoxy groups -OCH3 is 1. The Kier molecular flexibility index (Phi) is 5.39. The van der Waals surface area contributed by atoms with Gasteiger partial charge in [0.1, 0.15) is 0 Å². The molecule has 1 atom stereocenters. The number of nitriles is 1. The summed E-state index contributed by atoms with van der Waals surface area (Å²) in [5, 5.41) is 9.06. The summed E-state index contributed by atoms with van der Waals surface area (Å²) in [4.78, 5) is 29.1. The van der Waals surface area contributed by atoms with Crippen molar-refractivity contribution < 1.29 is 9.53 Å². The molecule has 0 bridgehead atoms. The topological polar surface area (TPSA) is 95.8 Å². The quantitative estimate of drug-likeness (QED) is 0.480. The molecule has 0 aliphatic heterocycles. The fraction of sp³-hybridized carbons (Fsp3) is 0.455. The molecule has 1 aromatic rings. The van der Waals surface area contributed by atoms with Crippen molar-refractivity contribution in [3.63, 3.8) is 0 Å². The standard InChI is InChI=1S/C11H13N3O3S/c1-7(5-12)6-18-11-13-8(3-9(15)14-11)4-10(16)17-2/h3,7H,4,6H2,1-2H3,(H,13,14,15)/t7-/m1/s1. The molecule has 0 saturated heterocycles. The summed E-state index contributed by atoms with van der Waals surface area (Å²) < 4.78 is 4.51. The largest absolute Gasteiger partial charge is 0.469 e. The normalized spacial score (nSPS) is 11.6. The van der Waals surface area contributed by atoms with Gasteiger partial charge in [0, 0.05) is 11.8 Å². The lowest BCUT2D eigenvalue weighted by Gasteiger charge is -2.04.